The summed E-state index contributed by atoms with van der Waals surface area (Å²) in [5.74, 6) is -0.702. The van der Waals surface area contributed by atoms with Crippen LogP contribution < -0.4 is 5.32 Å². The van der Waals surface area contributed by atoms with Crippen LogP contribution in [0.15, 0.2) is 24.3 Å². The lowest BCUT2D eigenvalue weighted by Gasteiger charge is -2.40. The summed E-state index contributed by atoms with van der Waals surface area (Å²) in [7, 11) is 0. The second kappa shape index (κ2) is 64.7. The Kier molecular flexibility index (Phi) is 62.2. The van der Waals surface area contributed by atoms with Crippen molar-refractivity contribution in [2.75, 3.05) is 13.2 Å². The number of ether oxygens (including phenoxy) is 2. The van der Waals surface area contributed by atoms with E-state index in [1.807, 2.05) is 0 Å². The molecule has 0 radical (unpaired) electrons. The lowest BCUT2D eigenvalue weighted by Crippen LogP contribution is -2.60. The monoisotopic (exact) mass is 1230 g/mol. The zero-order valence-corrected chi connectivity index (χ0v) is 57.3. The molecule has 1 aliphatic rings. The highest BCUT2D eigenvalue weighted by Crippen LogP contribution is 2.24. The molecule has 1 fully saturated rings. The molecule has 9 atom stereocenters. The van der Waals surface area contributed by atoms with Crippen LogP contribution in [0, 0.1) is 0 Å². The first-order valence-electron chi connectivity index (χ1n) is 38.2. The van der Waals surface area contributed by atoms with E-state index in [1.54, 1.807) is 0 Å². The molecule has 0 aromatic heterocycles. The summed E-state index contributed by atoms with van der Waals surface area (Å²) in [6.07, 6.45) is 71.6. The third kappa shape index (κ3) is 51.8. The molecule has 0 bridgehead atoms. The van der Waals surface area contributed by atoms with Crippen molar-refractivity contribution in [2.24, 2.45) is 0 Å². The molecule has 0 spiro atoms. The van der Waals surface area contributed by atoms with Gasteiger partial charge in [-0.3, -0.25) is 4.79 Å². The van der Waals surface area contributed by atoms with E-state index in [1.165, 1.54) is 302 Å². The Labute approximate surface area is 537 Å². The van der Waals surface area contributed by atoms with Crippen LogP contribution in [0.1, 0.15) is 386 Å². The normalized spacial score (nSPS) is 18.7. The highest BCUT2D eigenvalue weighted by atomic mass is 16.7. The van der Waals surface area contributed by atoms with Gasteiger partial charge in [-0.2, -0.15) is 0 Å². The molecule has 8 N–H and O–H groups in total. The average molecular weight is 1240 g/mol. The van der Waals surface area contributed by atoms with Gasteiger partial charge in [0.15, 0.2) is 6.29 Å². The second-order valence-corrected chi connectivity index (χ2v) is 27.1. The fourth-order valence-electron chi connectivity index (χ4n) is 12.6. The van der Waals surface area contributed by atoms with Gasteiger partial charge >= 0.3 is 0 Å². The predicted molar refractivity (Wildman–Crippen MR) is 367 cm³/mol. The van der Waals surface area contributed by atoms with E-state index in [9.17, 15) is 40.5 Å². The molecule has 1 rings (SSSR count). The van der Waals surface area contributed by atoms with Crippen molar-refractivity contribution in [1.29, 1.82) is 0 Å². The molecule has 1 heterocycles. The number of unbranched alkanes of at least 4 members (excludes halogenated alkanes) is 52. The number of allylic oxidation sites excluding steroid dienone is 4. The van der Waals surface area contributed by atoms with E-state index < -0.39 is 74.2 Å². The first-order chi connectivity index (χ1) is 42.7. The standard InChI is InChI=1S/C76H147NO10/c1-3-5-7-9-11-13-15-17-19-21-23-25-27-28-29-30-31-32-33-34-35-36-37-38-39-40-41-42-44-46-48-50-52-54-56-58-60-62-64-69(80)75(85)77-67(66-86-76-74(84)73(83)72(82)70(65-78)87-76)71(81)68(79)63-61-59-57-55-53-51-49-47-45-43-26-24-22-20-18-16-14-12-10-8-6-4-2/h47,49,55,57,67-74,76,78-84H,3-46,48,50-54,56,58-66H2,1-2H3,(H,77,85)/b49-47+,57-55+. The molecule has 1 aliphatic heterocycles. The molecule has 11 heteroatoms. The Hall–Kier alpha value is -1.41. The summed E-state index contributed by atoms with van der Waals surface area (Å²) >= 11 is 0. The van der Waals surface area contributed by atoms with Gasteiger partial charge in [0.1, 0.15) is 36.6 Å². The highest BCUT2D eigenvalue weighted by Gasteiger charge is 2.44. The van der Waals surface area contributed by atoms with Crippen LogP contribution in [-0.2, 0) is 14.3 Å². The molecule has 0 saturated carbocycles. The number of nitrogens with one attached hydrogen (secondary N) is 1. The van der Waals surface area contributed by atoms with Gasteiger partial charge in [0.25, 0.3) is 0 Å². The summed E-state index contributed by atoms with van der Waals surface area (Å²) in [4.78, 5) is 13.3. The fraction of sp³-hybridized carbons (Fsp3) is 0.934. The van der Waals surface area contributed by atoms with Crippen molar-refractivity contribution in [3.05, 3.63) is 24.3 Å². The largest absolute Gasteiger partial charge is 0.394 e. The number of rotatable bonds is 68. The maximum Gasteiger partial charge on any atom is 0.249 e. The topological polar surface area (TPSA) is 189 Å². The van der Waals surface area contributed by atoms with Crippen molar-refractivity contribution in [3.8, 4) is 0 Å². The SMILES string of the molecule is CCCCCCCCCCCCCCC/C=C/CC/C=C/CCCC(O)C(O)C(COC1OC(CO)C(O)C(O)C1O)NC(=O)C(O)CCCCCCCCCCCCCCCCCCCCCCCCCCCCCCCCCCCCCCCC. The van der Waals surface area contributed by atoms with Gasteiger partial charge in [0.05, 0.1) is 25.4 Å². The van der Waals surface area contributed by atoms with Gasteiger partial charge in [-0.25, -0.2) is 0 Å². The van der Waals surface area contributed by atoms with E-state index in [0.717, 1.165) is 38.5 Å². The Balaban J connectivity index is 2.12. The smallest absolute Gasteiger partial charge is 0.249 e. The quantitative estimate of drug-likeness (QED) is 0.0215. The maximum atomic E-state index is 13.3. The number of carbonyl (C=O) groups excluding carboxylic acids is 1. The van der Waals surface area contributed by atoms with E-state index in [2.05, 4.69) is 43.5 Å². The van der Waals surface area contributed by atoms with E-state index in [0.29, 0.717) is 19.3 Å². The lowest BCUT2D eigenvalue weighted by molar-refractivity contribution is -0.303. The summed E-state index contributed by atoms with van der Waals surface area (Å²) in [6.45, 7) is 3.50. The molecule has 0 aromatic carbocycles. The number of aliphatic hydroxyl groups excluding tert-OH is 7. The average Bonchev–Trinajstić information content (AvgIpc) is 2.02. The Morgan fingerprint density at radius 1 is 0.391 bits per heavy atom. The summed E-state index contributed by atoms with van der Waals surface area (Å²) in [6, 6.07) is -1.19. The Morgan fingerprint density at radius 2 is 0.690 bits per heavy atom. The van der Waals surface area contributed by atoms with Crippen LogP contribution in [0.3, 0.4) is 0 Å². The molecular formula is C76H147NO10. The van der Waals surface area contributed by atoms with E-state index in [4.69, 9.17) is 9.47 Å². The van der Waals surface area contributed by atoms with Crippen molar-refractivity contribution in [3.63, 3.8) is 0 Å². The summed E-state index contributed by atoms with van der Waals surface area (Å²) in [5, 5.41) is 76.5. The molecule has 1 saturated heterocycles. The van der Waals surface area contributed by atoms with Crippen LogP contribution in [-0.4, -0.2) is 110 Å². The summed E-state index contributed by atoms with van der Waals surface area (Å²) in [5.41, 5.74) is 0. The lowest BCUT2D eigenvalue weighted by atomic mass is 9.98. The van der Waals surface area contributed by atoms with Crippen LogP contribution in [0.25, 0.3) is 0 Å². The van der Waals surface area contributed by atoms with Crippen LogP contribution in [0.2, 0.25) is 0 Å². The van der Waals surface area contributed by atoms with Crippen molar-refractivity contribution in [2.45, 2.75) is 441 Å². The third-order valence-corrected chi connectivity index (χ3v) is 18.7. The van der Waals surface area contributed by atoms with Gasteiger partial charge in [0, 0.05) is 0 Å². The van der Waals surface area contributed by atoms with E-state index in [-0.39, 0.29) is 12.8 Å². The van der Waals surface area contributed by atoms with Crippen LogP contribution >= 0.6 is 0 Å². The molecule has 11 nitrogen and oxygen atoms in total. The van der Waals surface area contributed by atoms with Gasteiger partial charge in [-0.15, -0.1) is 0 Å². The van der Waals surface area contributed by atoms with Crippen LogP contribution in [0.4, 0.5) is 0 Å². The minimum Gasteiger partial charge on any atom is -0.394 e. The minimum absolute atomic E-state index is 0.249. The van der Waals surface area contributed by atoms with Gasteiger partial charge in [-0.1, -0.05) is 359 Å². The molecule has 0 aromatic rings. The third-order valence-electron chi connectivity index (χ3n) is 18.7. The zero-order chi connectivity index (χ0) is 63.1. The first-order valence-corrected chi connectivity index (χ1v) is 38.2. The molecular weight excluding hydrogens is 1090 g/mol. The van der Waals surface area contributed by atoms with Gasteiger partial charge < -0.3 is 50.5 Å². The Morgan fingerprint density at radius 3 is 1.02 bits per heavy atom. The zero-order valence-electron chi connectivity index (χ0n) is 57.3. The Bertz CT molecular complexity index is 1460. The number of aliphatic hydroxyl groups is 7. The molecule has 516 valence electrons. The molecule has 0 aliphatic carbocycles. The minimum atomic E-state index is -1.67. The number of hydrogen-bond acceptors (Lipinski definition) is 10. The number of hydrogen-bond donors (Lipinski definition) is 8. The van der Waals surface area contributed by atoms with Gasteiger partial charge in [0.2, 0.25) is 5.91 Å². The first kappa shape index (κ1) is 83.6. The molecule has 9 unspecified atom stereocenters. The highest BCUT2D eigenvalue weighted by molar-refractivity contribution is 5.80. The van der Waals surface area contributed by atoms with Crippen LogP contribution in [0.5, 0.6) is 0 Å². The number of carbonyl (C=O) groups is 1. The van der Waals surface area contributed by atoms with Crippen molar-refractivity contribution < 1.29 is 50.0 Å². The summed E-state index contributed by atoms with van der Waals surface area (Å²) < 4.78 is 11.2. The van der Waals surface area contributed by atoms with E-state index >= 15 is 0 Å². The molecule has 1 amide bonds. The van der Waals surface area contributed by atoms with Crippen molar-refractivity contribution in [1.82, 2.24) is 5.32 Å². The number of amides is 1. The molecule has 87 heavy (non-hydrogen) atoms. The predicted octanol–water partition coefficient (Wildman–Crippen LogP) is 19.1. The maximum absolute atomic E-state index is 13.3. The van der Waals surface area contributed by atoms with Gasteiger partial charge in [-0.05, 0) is 51.4 Å². The fourth-order valence-corrected chi connectivity index (χ4v) is 12.6. The van der Waals surface area contributed by atoms with Crippen molar-refractivity contribution >= 4 is 5.91 Å². The second-order valence-electron chi connectivity index (χ2n) is 27.1.